The molecule has 5 nitrogen and oxygen atoms in total. The predicted molar refractivity (Wildman–Crippen MR) is 49.1 cm³/mol. The quantitative estimate of drug-likeness (QED) is 0.327. The molecule has 80 valence electrons. The summed E-state index contributed by atoms with van der Waals surface area (Å²) in [4.78, 5) is 0. The van der Waals surface area contributed by atoms with Gasteiger partial charge in [0.1, 0.15) is 12.2 Å². The maximum atomic E-state index is 10.9. The standard InChI is InChI=1S/C8H14O5Si/c1-3-7(13-14(9)10-2)4-11-5-8-6-12-8/h3,7-8H,1,4-6H2,2H3. The Hall–Kier alpha value is -0.723. The van der Waals surface area contributed by atoms with Gasteiger partial charge in [0, 0.05) is 0 Å². The van der Waals surface area contributed by atoms with Crippen molar-refractivity contribution < 1.29 is 22.8 Å². The van der Waals surface area contributed by atoms with Gasteiger partial charge in [-0.15, -0.1) is 0 Å². The summed E-state index contributed by atoms with van der Waals surface area (Å²) in [6.45, 7) is 5.17. The fraction of sp³-hybridized carbons (Fsp3) is 0.750. The summed E-state index contributed by atoms with van der Waals surface area (Å²) in [5.74, 6) is 0. The second-order valence-electron chi connectivity index (χ2n) is 2.84. The van der Waals surface area contributed by atoms with E-state index in [9.17, 15) is 4.46 Å². The minimum atomic E-state index is -2.41. The van der Waals surface area contributed by atoms with Crippen LogP contribution in [0.3, 0.4) is 0 Å². The van der Waals surface area contributed by atoms with Crippen molar-refractivity contribution in [1.82, 2.24) is 0 Å². The normalized spacial score (nSPS) is 21.1. The lowest BCUT2D eigenvalue weighted by molar-refractivity contribution is 0.0460. The highest BCUT2D eigenvalue weighted by Gasteiger charge is 2.23. The third-order valence-corrected chi connectivity index (χ3v) is 2.49. The molecule has 0 aromatic carbocycles. The molecule has 1 heterocycles. The van der Waals surface area contributed by atoms with Gasteiger partial charge in [-0.1, -0.05) is 12.7 Å². The molecule has 14 heavy (non-hydrogen) atoms. The lowest BCUT2D eigenvalue weighted by Gasteiger charge is -2.12. The molecule has 2 atom stereocenters. The average Bonchev–Trinajstić information content (AvgIpc) is 2.99. The number of rotatable bonds is 8. The molecule has 1 saturated heterocycles. The van der Waals surface area contributed by atoms with E-state index in [2.05, 4.69) is 11.0 Å². The molecule has 0 aromatic heterocycles. The van der Waals surface area contributed by atoms with Crippen LogP contribution in [0.2, 0.25) is 0 Å². The second-order valence-corrected chi connectivity index (χ2v) is 3.98. The molecule has 1 aliphatic heterocycles. The van der Waals surface area contributed by atoms with E-state index in [1.165, 1.54) is 13.2 Å². The van der Waals surface area contributed by atoms with Gasteiger partial charge in [0.2, 0.25) is 0 Å². The summed E-state index contributed by atoms with van der Waals surface area (Å²) in [6, 6.07) is 0. The Balaban J connectivity index is 2.09. The van der Waals surface area contributed by atoms with E-state index in [0.717, 1.165) is 6.61 Å². The van der Waals surface area contributed by atoms with Gasteiger partial charge in [-0.25, -0.2) is 0 Å². The maximum absolute atomic E-state index is 10.9. The fourth-order valence-corrected chi connectivity index (χ4v) is 1.31. The zero-order valence-electron chi connectivity index (χ0n) is 8.10. The minimum absolute atomic E-state index is 0.222. The molecular formula is C8H14O5Si. The van der Waals surface area contributed by atoms with Crippen LogP contribution in [0.1, 0.15) is 0 Å². The van der Waals surface area contributed by atoms with Gasteiger partial charge < -0.3 is 18.3 Å². The summed E-state index contributed by atoms with van der Waals surface area (Å²) in [5, 5.41) is 0. The first kappa shape index (κ1) is 11.4. The van der Waals surface area contributed by atoms with Crippen molar-refractivity contribution in [3.8, 4) is 0 Å². The fourth-order valence-electron chi connectivity index (χ4n) is 0.802. The van der Waals surface area contributed by atoms with Crippen LogP contribution in [0.4, 0.5) is 0 Å². The maximum Gasteiger partial charge on any atom is 0.767 e. The largest absolute Gasteiger partial charge is 0.767 e. The van der Waals surface area contributed by atoms with Gasteiger partial charge in [-0.2, -0.15) is 0 Å². The molecule has 0 radical (unpaired) electrons. The van der Waals surface area contributed by atoms with Crippen molar-refractivity contribution in [2.45, 2.75) is 12.2 Å². The molecule has 0 aromatic rings. The molecular weight excluding hydrogens is 204 g/mol. The van der Waals surface area contributed by atoms with E-state index in [-0.39, 0.29) is 12.2 Å². The molecule has 6 heteroatoms. The predicted octanol–water partition coefficient (Wildman–Crippen LogP) is 0.0348. The van der Waals surface area contributed by atoms with Gasteiger partial charge in [0.25, 0.3) is 0 Å². The van der Waals surface area contributed by atoms with Crippen LogP contribution in [0.25, 0.3) is 0 Å². The van der Waals surface area contributed by atoms with E-state index >= 15 is 0 Å². The minimum Gasteiger partial charge on any atom is -0.499 e. The molecule has 1 rings (SSSR count). The highest BCUT2D eigenvalue weighted by atomic mass is 28.3. The topological polar surface area (TPSA) is 57.3 Å². The molecule has 0 amide bonds. The molecule has 0 aliphatic carbocycles. The van der Waals surface area contributed by atoms with E-state index in [1.807, 2.05) is 0 Å². The third-order valence-electron chi connectivity index (χ3n) is 1.67. The Bertz CT molecular complexity index is 204. The summed E-state index contributed by atoms with van der Waals surface area (Å²) in [7, 11) is -1.07. The highest BCUT2D eigenvalue weighted by molar-refractivity contribution is 6.26. The zero-order chi connectivity index (χ0) is 10.4. The first-order chi connectivity index (χ1) is 6.76. The number of hydrogen-bond donors (Lipinski definition) is 0. The molecule has 0 N–H and O–H groups in total. The summed E-state index contributed by atoms with van der Waals surface area (Å²) in [5.41, 5.74) is 0. The van der Waals surface area contributed by atoms with Gasteiger partial charge >= 0.3 is 9.17 Å². The van der Waals surface area contributed by atoms with Gasteiger partial charge in [-0.05, 0) is 0 Å². The smallest absolute Gasteiger partial charge is 0.499 e. The van der Waals surface area contributed by atoms with Gasteiger partial charge in [0.05, 0.1) is 26.9 Å². The van der Waals surface area contributed by atoms with E-state index in [0.29, 0.717) is 13.2 Å². The average molecular weight is 218 g/mol. The van der Waals surface area contributed by atoms with Crippen LogP contribution < -0.4 is 0 Å². The van der Waals surface area contributed by atoms with Crippen LogP contribution in [-0.2, 0) is 22.8 Å². The summed E-state index contributed by atoms with van der Waals surface area (Å²) < 4.78 is 30.6. The number of hydrogen-bond acceptors (Lipinski definition) is 5. The zero-order valence-corrected chi connectivity index (χ0v) is 9.10. The van der Waals surface area contributed by atoms with Gasteiger partial charge in [-0.3, -0.25) is 4.46 Å². The lowest BCUT2D eigenvalue weighted by Crippen LogP contribution is -2.24. The van der Waals surface area contributed by atoms with Crippen molar-refractivity contribution in [1.29, 1.82) is 0 Å². The van der Waals surface area contributed by atoms with Crippen LogP contribution in [-0.4, -0.2) is 48.3 Å². The van der Waals surface area contributed by atoms with Crippen LogP contribution in [0.5, 0.6) is 0 Å². The summed E-state index contributed by atoms with van der Waals surface area (Å²) >= 11 is 0. The molecule has 2 unspecified atom stereocenters. The van der Waals surface area contributed by atoms with Crippen molar-refractivity contribution in [2.24, 2.45) is 0 Å². The second kappa shape index (κ2) is 5.89. The molecule has 0 bridgehead atoms. The first-order valence-electron chi connectivity index (χ1n) is 4.32. The molecule has 1 fully saturated rings. The van der Waals surface area contributed by atoms with Crippen LogP contribution >= 0.6 is 0 Å². The van der Waals surface area contributed by atoms with E-state index in [4.69, 9.17) is 13.9 Å². The van der Waals surface area contributed by atoms with Gasteiger partial charge in [0.15, 0.2) is 0 Å². The molecule has 1 aliphatic rings. The van der Waals surface area contributed by atoms with E-state index < -0.39 is 9.17 Å². The highest BCUT2D eigenvalue weighted by Crippen LogP contribution is 2.09. The number of epoxide rings is 1. The molecule has 0 spiro atoms. The first-order valence-corrected chi connectivity index (χ1v) is 5.55. The van der Waals surface area contributed by atoms with Crippen LogP contribution in [0.15, 0.2) is 12.7 Å². The van der Waals surface area contributed by atoms with Crippen LogP contribution in [0, 0.1) is 0 Å². The SMILES string of the molecule is C=CC(COCC1CO1)O[Si](=O)OC. The van der Waals surface area contributed by atoms with Crippen molar-refractivity contribution >= 4 is 9.17 Å². The van der Waals surface area contributed by atoms with Crippen molar-refractivity contribution in [3.63, 3.8) is 0 Å². The Morgan fingerprint density at radius 1 is 1.79 bits per heavy atom. The number of ether oxygens (including phenoxy) is 2. The third kappa shape index (κ3) is 4.50. The molecule has 0 saturated carbocycles. The Morgan fingerprint density at radius 3 is 3.00 bits per heavy atom. The monoisotopic (exact) mass is 218 g/mol. The van der Waals surface area contributed by atoms with Crippen molar-refractivity contribution in [3.05, 3.63) is 12.7 Å². The Morgan fingerprint density at radius 2 is 2.50 bits per heavy atom. The lowest BCUT2D eigenvalue weighted by atomic mass is 10.4. The summed E-state index contributed by atoms with van der Waals surface area (Å²) in [6.07, 6.45) is 1.37. The van der Waals surface area contributed by atoms with E-state index in [1.54, 1.807) is 0 Å². The Kier molecular flexibility index (Phi) is 4.78. The van der Waals surface area contributed by atoms with Crippen molar-refractivity contribution in [2.75, 3.05) is 26.9 Å². The Labute approximate surface area is 84.5 Å².